The molecule has 0 bridgehead atoms. The van der Waals surface area contributed by atoms with Gasteiger partial charge in [-0.3, -0.25) is 9.59 Å². The Morgan fingerprint density at radius 1 is 0.638 bits per heavy atom. The summed E-state index contributed by atoms with van der Waals surface area (Å²) in [6, 6.07) is 1.90. The van der Waals surface area contributed by atoms with Crippen LogP contribution in [0, 0.1) is 0 Å². The number of likely N-dealkylation sites (N-methyl/N-ethyl adjacent to an activating group) is 2. The number of halogens is 2. The molecule has 2 amide bonds. The van der Waals surface area contributed by atoms with Crippen LogP contribution in [0.2, 0.25) is 38.3 Å². The van der Waals surface area contributed by atoms with Gasteiger partial charge in [-0.1, -0.05) is 28.0 Å². The normalized spacial score (nSPS) is 11.3. The molecule has 0 saturated carbocycles. The first-order valence-corrected chi connectivity index (χ1v) is 21.3. The Morgan fingerprint density at radius 2 is 0.936 bits per heavy atom. The molecule has 0 unspecified atom stereocenters. The number of rotatable bonds is 22. The Balaban J connectivity index is -0.00000147. The standard InChI is InChI=1S/C30H58N4O7Si2.2CH4.2BrH/c1-25(2)29(37)39-19-17-33(5,6)23-27(35)31-15-13-21-42(9,10)41-43(11,12)22-14-16-32-28(36)24-34(7,8)18-20-40-30(38)26(3)4;;;;/h1,3,13-24H2,2,4-12H3;2*1H4;2*1H. The second kappa shape index (κ2) is 25.6. The predicted molar refractivity (Wildman–Crippen MR) is 190 cm³/mol. The topological polar surface area (TPSA) is 120 Å². The number of esters is 2. The molecule has 0 aliphatic carbocycles. The first kappa shape index (κ1) is 55.1. The van der Waals surface area contributed by atoms with E-state index in [1.165, 1.54) is 0 Å². The molecule has 47 heavy (non-hydrogen) atoms. The van der Waals surface area contributed by atoms with E-state index in [-0.39, 0.29) is 73.8 Å². The fourth-order valence-corrected chi connectivity index (χ4v) is 13.3. The summed E-state index contributed by atoms with van der Waals surface area (Å²) in [6.45, 7) is 22.6. The van der Waals surface area contributed by atoms with Crippen molar-refractivity contribution in [3.05, 3.63) is 24.3 Å². The molecule has 11 nitrogen and oxygen atoms in total. The number of carbonyl (C=O) groups excluding carboxylic acids is 4. The van der Waals surface area contributed by atoms with Crippen molar-refractivity contribution in [2.24, 2.45) is 0 Å². The highest BCUT2D eigenvalue weighted by Crippen LogP contribution is 2.23. The van der Waals surface area contributed by atoms with E-state index >= 15 is 0 Å². The van der Waals surface area contributed by atoms with E-state index in [9.17, 15) is 19.2 Å². The fraction of sp³-hybridized carbons (Fsp3) is 0.750. The van der Waals surface area contributed by atoms with Crippen molar-refractivity contribution in [3.63, 3.8) is 0 Å². The summed E-state index contributed by atoms with van der Waals surface area (Å²) in [7, 11) is 3.90. The number of hydrogen-bond acceptors (Lipinski definition) is 7. The van der Waals surface area contributed by atoms with Gasteiger partial charge >= 0.3 is 11.9 Å². The van der Waals surface area contributed by atoms with Gasteiger partial charge in [0.1, 0.15) is 26.3 Å². The van der Waals surface area contributed by atoms with E-state index in [1.54, 1.807) is 13.8 Å². The Morgan fingerprint density at radius 3 is 1.21 bits per heavy atom. The molecule has 0 atom stereocenters. The van der Waals surface area contributed by atoms with Gasteiger partial charge in [0.05, 0.1) is 28.2 Å². The van der Waals surface area contributed by atoms with Crippen molar-refractivity contribution in [3.8, 4) is 0 Å². The summed E-state index contributed by atoms with van der Waals surface area (Å²) in [6.07, 6.45) is 1.71. The Kier molecular flexibility index (Phi) is 30.0. The largest absolute Gasteiger partial charge is 1.00 e. The van der Waals surface area contributed by atoms with Crippen LogP contribution in [0.25, 0.3) is 0 Å². The number of amides is 2. The van der Waals surface area contributed by atoms with E-state index in [2.05, 4.69) is 50.0 Å². The second-order valence-electron chi connectivity index (χ2n) is 14.0. The zero-order valence-corrected chi connectivity index (χ0v) is 34.6. The molecule has 0 radical (unpaired) electrons. The molecule has 0 heterocycles. The van der Waals surface area contributed by atoms with Crippen LogP contribution in [0.3, 0.4) is 0 Å². The van der Waals surface area contributed by atoms with Crippen LogP contribution in [-0.4, -0.2) is 130 Å². The molecule has 280 valence electrons. The Labute approximate surface area is 310 Å². The smallest absolute Gasteiger partial charge is 0.333 e. The number of nitrogens with one attached hydrogen (secondary N) is 2. The fourth-order valence-electron chi connectivity index (χ4n) is 4.40. The van der Waals surface area contributed by atoms with E-state index < -0.39 is 28.6 Å². The summed E-state index contributed by atoms with van der Waals surface area (Å²) in [5, 5.41) is 6.03. The predicted octanol–water partition coefficient (Wildman–Crippen LogP) is -1.90. The van der Waals surface area contributed by atoms with Crippen molar-refractivity contribution >= 4 is 40.4 Å². The Hall–Kier alpha value is -1.37. The molecule has 0 spiro atoms. The lowest BCUT2D eigenvalue weighted by atomic mass is 10.3. The molecule has 0 aromatic rings. The highest BCUT2D eigenvalue weighted by molar-refractivity contribution is 6.84. The van der Waals surface area contributed by atoms with Crippen LogP contribution in [0.5, 0.6) is 0 Å². The SMILES string of the molecule is C.C.C=C(C)C(=O)OCC[N+](C)(C)CC(=O)NCCC[Si](C)(C)O[Si](C)(C)CCCNC(=O)C[N+](C)(C)CCOC(=O)C(=C)C.[Br-].[Br-]. The average Bonchev–Trinajstić information content (AvgIpc) is 2.82. The molecule has 0 aromatic carbocycles. The molecule has 0 aliphatic rings. The van der Waals surface area contributed by atoms with Gasteiger partial charge in [-0.25, -0.2) is 9.59 Å². The maximum Gasteiger partial charge on any atom is 0.333 e. The number of carbonyl (C=O) groups is 4. The van der Waals surface area contributed by atoms with E-state index in [0.717, 1.165) is 24.9 Å². The minimum atomic E-state index is -1.92. The minimum Gasteiger partial charge on any atom is -1.00 e. The molecule has 0 saturated heterocycles. The maximum atomic E-state index is 12.5. The van der Waals surface area contributed by atoms with Gasteiger partial charge in [0.2, 0.25) is 0 Å². The lowest BCUT2D eigenvalue weighted by Crippen LogP contribution is -3.00. The van der Waals surface area contributed by atoms with Crippen LogP contribution in [0.4, 0.5) is 0 Å². The third kappa shape index (κ3) is 29.3. The third-order valence-electron chi connectivity index (χ3n) is 6.81. The lowest BCUT2D eigenvalue weighted by molar-refractivity contribution is -0.882. The second-order valence-corrected chi connectivity index (χ2v) is 22.9. The Bertz CT molecular complexity index is 918. The number of nitrogens with zero attached hydrogens (tertiary/aromatic N) is 2. The average molecular weight is 837 g/mol. The molecular weight excluding hydrogens is 768 g/mol. The van der Waals surface area contributed by atoms with Gasteiger partial charge in [0, 0.05) is 24.2 Å². The highest BCUT2D eigenvalue weighted by atomic mass is 79.9. The van der Waals surface area contributed by atoms with E-state index in [0.29, 0.717) is 59.4 Å². The first-order chi connectivity index (χ1) is 19.6. The zero-order chi connectivity index (χ0) is 33.5. The third-order valence-corrected chi connectivity index (χ3v) is 14.3. The summed E-state index contributed by atoms with van der Waals surface area (Å²) in [5.74, 6) is -0.878. The van der Waals surface area contributed by atoms with Crippen LogP contribution in [0.1, 0.15) is 41.5 Å². The van der Waals surface area contributed by atoms with Gasteiger partial charge in [-0.05, 0) is 65.0 Å². The lowest BCUT2D eigenvalue weighted by Gasteiger charge is -2.34. The van der Waals surface area contributed by atoms with Crippen LogP contribution in [0.15, 0.2) is 24.3 Å². The van der Waals surface area contributed by atoms with Crippen molar-refractivity contribution in [1.82, 2.24) is 10.6 Å². The number of hydrogen-bond donors (Lipinski definition) is 2. The first-order valence-electron chi connectivity index (χ1n) is 15.1. The summed E-state index contributed by atoms with van der Waals surface area (Å²) >= 11 is 0. The monoisotopic (exact) mass is 834 g/mol. The van der Waals surface area contributed by atoms with Crippen molar-refractivity contribution in [2.45, 2.75) is 79.8 Å². The molecule has 15 heteroatoms. The highest BCUT2D eigenvalue weighted by Gasteiger charge is 2.32. The van der Waals surface area contributed by atoms with Gasteiger partial charge < -0.3 is 67.2 Å². The summed E-state index contributed by atoms with van der Waals surface area (Å²) in [5.41, 5.74) is 0.726. The van der Waals surface area contributed by atoms with E-state index in [1.807, 2.05) is 28.2 Å². The maximum absolute atomic E-state index is 12.5. The van der Waals surface area contributed by atoms with Crippen molar-refractivity contribution < 1.29 is 75.7 Å². The van der Waals surface area contributed by atoms with Crippen LogP contribution >= 0.6 is 0 Å². The van der Waals surface area contributed by atoms with Gasteiger partial charge in [-0.15, -0.1) is 0 Å². The quantitative estimate of drug-likeness (QED) is 0.0431. The van der Waals surface area contributed by atoms with Gasteiger partial charge in [0.15, 0.2) is 29.7 Å². The summed E-state index contributed by atoms with van der Waals surface area (Å²) in [4.78, 5) is 48.0. The van der Waals surface area contributed by atoms with Crippen molar-refractivity contribution in [1.29, 1.82) is 0 Å². The summed E-state index contributed by atoms with van der Waals surface area (Å²) < 4.78 is 17.9. The van der Waals surface area contributed by atoms with E-state index in [4.69, 9.17) is 13.6 Å². The van der Waals surface area contributed by atoms with Crippen molar-refractivity contribution in [2.75, 3.05) is 80.7 Å². The molecule has 0 rings (SSSR count). The number of quaternary nitrogens is 2. The molecule has 0 aromatic heterocycles. The van der Waals surface area contributed by atoms with Gasteiger partial charge in [-0.2, -0.15) is 0 Å². The molecular formula is C32H68Br2N4O7Si2. The molecule has 0 aliphatic heterocycles. The van der Waals surface area contributed by atoms with Crippen LogP contribution < -0.4 is 44.6 Å². The number of ether oxygens (including phenoxy) is 2. The minimum absolute atomic E-state index is 0. The van der Waals surface area contributed by atoms with Gasteiger partial charge in [0.25, 0.3) is 11.8 Å². The molecule has 2 N–H and O–H groups in total. The zero-order valence-electron chi connectivity index (χ0n) is 29.4. The van der Waals surface area contributed by atoms with Crippen LogP contribution in [-0.2, 0) is 32.8 Å². The molecule has 0 fully saturated rings.